The Morgan fingerprint density at radius 1 is 1.43 bits per heavy atom. The number of rotatable bonds is 3. The summed E-state index contributed by atoms with van der Waals surface area (Å²) in [6.45, 7) is 2.79. The van der Waals surface area contributed by atoms with E-state index < -0.39 is 10.0 Å². The maximum Gasteiger partial charge on any atom is 0.244 e. The maximum absolute atomic E-state index is 12.7. The van der Waals surface area contributed by atoms with Crippen molar-refractivity contribution in [2.75, 3.05) is 13.1 Å². The summed E-state index contributed by atoms with van der Waals surface area (Å²) in [6.07, 6.45) is 1.47. The van der Waals surface area contributed by atoms with Crippen molar-refractivity contribution in [3.63, 3.8) is 0 Å². The number of benzene rings is 1. The third-order valence-corrected chi connectivity index (χ3v) is 6.10. The molecule has 5 nitrogen and oxygen atoms in total. The molecule has 0 aromatic heterocycles. The summed E-state index contributed by atoms with van der Waals surface area (Å²) in [6, 6.07) is 6.27. The lowest BCUT2D eigenvalue weighted by molar-refractivity contribution is 0.250. The van der Waals surface area contributed by atoms with Gasteiger partial charge in [0.15, 0.2) is 0 Å². The van der Waals surface area contributed by atoms with Gasteiger partial charge in [0.05, 0.1) is 5.56 Å². The van der Waals surface area contributed by atoms with Gasteiger partial charge >= 0.3 is 0 Å². The Bertz CT molecular complexity index is 659. The standard InChI is InChI=1S/C14H18ClN3O2S/c1-10(17)11-4-6-18(7-5-11)21(19,20)14-8-13(15)3-2-12(14)9-16/h2-3,8,10-11H,4-7,17H2,1H3. The lowest BCUT2D eigenvalue weighted by atomic mass is 9.92. The maximum atomic E-state index is 12.7. The highest BCUT2D eigenvalue weighted by atomic mass is 35.5. The van der Waals surface area contributed by atoms with Gasteiger partial charge in [-0.1, -0.05) is 11.6 Å². The Kier molecular flexibility index (Phi) is 4.89. The highest BCUT2D eigenvalue weighted by Gasteiger charge is 2.32. The number of nitrogens with zero attached hydrogens (tertiary/aromatic N) is 2. The van der Waals surface area contributed by atoms with Crippen molar-refractivity contribution in [3.8, 4) is 6.07 Å². The predicted octanol–water partition coefficient (Wildman–Crippen LogP) is 1.96. The summed E-state index contributed by atoms with van der Waals surface area (Å²) in [5.41, 5.74) is 5.99. The van der Waals surface area contributed by atoms with E-state index >= 15 is 0 Å². The Balaban J connectivity index is 2.28. The monoisotopic (exact) mass is 327 g/mol. The smallest absolute Gasteiger partial charge is 0.244 e. The Morgan fingerprint density at radius 2 is 2.05 bits per heavy atom. The molecule has 0 radical (unpaired) electrons. The second kappa shape index (κ2) is 6.32. The van der Waals surface area contributed by atoms with Gasteiger partial charge < -0.3 is 5.73 Å². The summed E-state index contributed by atoms with van der Waals surface area (Å²) < 4.78 is 26.8. The summed E-state index contributed by atoms with van der Waals surface area (Å²) in [4.78, 5) is -0.0169. The van der Waals surface area contributed by atoms with E-state index in [9.17, 15) is 8.42 Å². The van der Waals surface area contributed by atoms with Gasteiger partial charge in [-0.15, -0.1) is 0 Å². The number of hydrogen-bond acceptors (Lipinski definition) is 4. The average Bonchev–Trinajstić information content (AvgIpc) is 2.47. The Morgan fingerprint density at radius 3 is 2.57 bits per heavy atom. The van der Waals surface area contributed by atoms with Gasteiger partial charge in [-0.25, -0.2) is 8.42 Å². The van der Waals surface area contributed by atoms with E-state index in [0.29, 0.717) is 24.0 Å². The van der Waals surface area contributed by atoms with E-state index in [-0.39, 0.29) is 16.5 Å². The van der Waals surface area contributed by atoms with E-state index in [2.05, 4.69) is 0 Å². The summed E-state index contributed by atoms with van der Waals surface area (Å²) >= 11 is 5.87. The van der Waals surface area contributed by atoms with Crippen LogP contribution in [0.1, 0.15) is 25.3 Å². The van der Waals surface area contributed by atoms with Gasteiger partial charge in [0.2, 0.25) is 10.0 Å². The van der Waals surface area contributed by atoms with Gasteiger partial charge in [0.1, 0.15) is 11.0 Å². The van der Waals surface area contributed by atoms with Crippen LogP contribution >= 0.6 is 11.6 Å². The first-order valence-electron chi connectivity index (χ1n) is 6.81. The molecule has 1 fully saturated rings. The fourth-order valence-corrected chi connectivity index (χ4v) is 4.46. The average molecular weight is 328 g/mol. The van der Waals surface area contributed by atoms with E-state index in [4.69, 9.17) is 22.6 Å². The zero-order valence-corrected chi connectivity index (χ0v) is 13.4. The van der Waals surface area contributed by atoms with Crippen LogP contribution in [0, 0.1) is 17.2 Å². The number of nitriles is 1. The second-order valence-electron chi connectivity index (χ2n) is 5.35. The second-order valence-corrected chi connectivity index (χ2v) is 7.70. The van der Waals surface area contributed by atoms with Gasteiger partial charge in [0, 0.05) is 24.2 Å². The van der Waals surface area contributed by atoms with Crippen molar-refractivity contribution < 1.29 is 8.42 Å². The van der Waals surface area contributed by atoms with Crippen molar-refractivity contribution in [2.45, 2.75) is 30.7 Å². The molecule has 21 heavy (non-hydrogen) atoms. The van der Waals surface area contributed by atoms with Crippen molar-refractivity contribution in [3.05, 3.63) is 28.8 Å². The molecule has 1 unspecified atom stereocenters. The minimum absolute atomic E-state index is 0.0169. The molecule has 114 valence electrons. The molecule has 1 aliphatic heterocycles. The van der Waals surface area contributed by atoms with Crippen molar-refractivity contribution in [1.82, 2.24) is 4.31 Å². The molecule has 0 spiro atoms. The molecule has 2 rings (SSSR count). The number of sulfonamides is 1. The fraction of sp³-hybridized carbons (Fsp3) is 0.500. The highest BCUT2D eigenvalue weighted by molar-refractivity contribution is 7.89. The van der Waals surface area contributed by atoms with Gasteiger partial charge in [0.25, 0.3) is 0 Å². The van der Waals surface area contributed by atoms with Crippen LogP contribution in [0.15, 0.2) is 23.1 Å². The predicted molar refractivity (Wildman–Crippen MR) is 81.3 cm³/mol. The van der Waals surface area contributed by atoms with E-state index in [1.165, 1.54) is 22.5 Å². The number of nitrogens with two attached hydrogens (primary N) is 1. The normalized spacial score (nSPS) is 19.1. The molecule has 0 amide bonds. The fourth-order valence-electron chi connectivity index (χ4n) is 2.58. The van der Waals surface area contributed by atoms with Gasteiger partial charge in [-0.3, -0.25) is 0 Å². The summed E-state index contributed by atoms with van der Waals surface area (Å²) in [7, 11) is -3.69. The molecular weight excluding hydrogens is 310 g/mol. The van der Waals surface area contributed by atoms with Crippen molar-refractivity contribution in [2.24, 2.45) is 11.7 Å². The minimum Gasteiger partial charge on any atom is -0.328 e. The molecule has 0 bridgehead atoms. The molecule has 2 N–H and O–H groups in total. The first-order chi connectivity index (χ1) is 9.86. The molecule has 0 saturated carbocycles. The zero-order chi connectivity index (χ0) is 15.6. The zero-order valence-electron chi connectivity index (χ0n) is 11.8. The van der Waals surface area contributed by atoms with Crippen LogP contribution in [0.25, 0.3) is 0 Å². The quantitative estimate of drug-likeness (QED) is 0.919. The van der Waals surface area contributed by atoms with Crippen LogP contribution in [-0.4, -0.2) is 31.9 Å². The Labute approximate surface area is 130 Å². The largest absolute Gasteiger partial charge is 0.328 e. The van der Waals surface area contributed by atoms with Gasteiger partial charge in [-0.05, 0) is 43.9 Å². The molecule has 1 saturated heterocycles. The van der Waals surface area contributed by atoms with Gasteiger partial charge in [-0.2, -0.15) is 9.57 Å². The first-order valence-corrected chi connectivity index (χ1v) is 8.63. The molecule has 7 heteroatoms. The number of halogens is 1. The molecule has 1 aliphatic rings. The van der Waals surface area contributed by atoms with Crippen LogP contribution < -0.4 is 5.73 Å². The van der Waals surface area contributed by atoms with Crippen molar-refractivity contribution in [1.29, 1.82) is 5.26 Å². The SMILES string of the molecule is CC(N)C1CCN(S(=O)(=O)c2cc(Cl)ccc2C#N)CC1. The minimum atomic E-state index is -3.69. The van der Waals surface area contributed by atoms with Crippen LogP contribution in [0.2, 0.25) is 5.02 Å². The third-order valence-electron chi connectivity index (χ3n) is 3.92. The van der Waals surface area contributed by atoms with E-state index in [0.717, 1.165) is 12.8 Å². The lowest BCUT2D eigenvalue weighted by Crippen LogP contribution is -2.42. The topological polar surface area (TPSA) is 87.2 Å². The van der Waals surface area contributed by atoms with Crippen LogP contribution in [0.4, 0.5) is 0 Å². The van der Waals surface area contributed by atoms with Crippen molar-refractivity contribution >= 4 is 21.6 Å². The molecule has 0 aliphatic carbocycles. The Hall–Kier alpha value is -1.13. The highest BCUT2D eigenvalue weighted by Crippen LogP contribution is 2.28. The molecule has 1 aromatic carbocycles. The summed E-state index contributed by atoms with van der Waals surface area (Å²) in [5.74, 6) is 0.339. The lowest BCUT2D eigenvalue weighted by Gasteiger charge is -2.33. The first kappa shape index (κ1) is 16.2. The van der Waals surface area contributed by atoms with E-state index in [1.54, 1.807) is 0 Å². The summed E-state index contributed by atoms with van der Waals surface area (Å²) in [5, 5.41) is 9.40. The third kappa shape index (κ3) is 3.38. The van der Waals surface area contributed by atoms with Crippen LogP contribution in [0.3, 0.4) is 0 Å². The molecular formula is C14H18ClN3O2S. The number of hydrogen-bond donors (Lipinski definition) is 1. The molecule has 1 heterocycles. The van der Waals surface area contributed by atoms with Crippen LogP contribution in [0.5, 0.6) is 0 Å². The molecule has 1 atom stereocenters. The van der Waals surface area contributed by atoms with Crippen LogP contribution in [-0.2, 0) is 10.0 Å². The molecule has 1 aromatic rings. The number of piperidine rings is 1. The van der Waals surface area contributed by atoms with E-state index in [1.807, 2.05) is 13.0 Å².